The van der Waals surface area contributed by atoms with Gasteiger partial charge in [0, 0.05) is 15.2 Å². The van der Waals surface area contributed by atoms with E-state index in [1.807, 2.05) is 36.4 Å². The van der Waals surface area contributed by atoms with Crippen molar-refractivity contribution in [2.45, 2.75) is 9.79 Å². The first-order valence-electron chi connectivity index (χ1n) is 4.61. The van der Waals surface area contributed by atoms with E-state index in [4.69, 9.17) is 5.26 Å². The van der Waals surface area contributed by atoms with Crippen LogP contribution in [0.2, 0.25) is 0 Å². The van der Waals surface area contributed by atoms with Crippen molar-refractivity contribution in [3.8, 4) is 6.07 Å². The van der Waals surface area contributed by atoms with Crippen LogP contribution < -0.4 is 0 Å². The molecule has 6 heteroatoms. The van der Waals surface area contributed by atoms with Crippen molar-refractivity contribution in [3.63, 3.8) is 0 Å². The van der Waals surface area contributed by atoms with E-state index >= 15 is 0 Å². The van der Waals surface area contributed by atoms with Crippen LogP contribution in [-0.4, -0.2) is 4.92 Å². The smallest absolute Gasteiger partial charge is 0.258 e. The standard InChI is InChI=1S/C11H6N2O2S2/c12-6-9-10(7-16-11(9)13(14)15)17-8-4-2-1-3-5-8/h1-5,7H. The van der Waals surface area contributed by atoms with Crippen molar-refractivity contribution >= 4 is 28.1 Å². The van der Waals surface area contributed by atoms with Crippen LogP contribution >= 0.6 is 23.1 Å². The number of nitrogens with zero attached hydrogens (tertiary/aromatic N) is 2. The molecule has 0 aliphatic carbocycles. The van der Waals surface area contributed by atoms with Gasteiger partial charge in [0.05, 0.1) is 4.92 Å². The van der Waals surface area contributed by atoms with E-state index in [1.54, 1.807) is 5.38 Å². The van der Waals surface area contributed by atoms with Crippen LogP contribution in [0.15, 0.2) is 45.5 Å². The van der Waals surface area contributed by atoms with Gasteiger partial charge in [-0.3, -0.25) is 10.1 Å². The lowest BCUT2D eigenvalue weighted by Gasteiger charge is -1.97. The molecule has 2 aromatic rings. The third-order valence-electron chi connectivity index (χ3n) is 1.99. The molecule has 4 nitrogen and oxygen atoms in total. The Balaban J connectivity index is 2.35. The average molecular weight is 262 g/mol. The van der Waals surface area contributed by atoms with Crippen LogP contribution in [0.1, 0.15) is 5.56 Å². The molecule has 1 aromatic carbocycles. The molecule has 17 heavy (non-hydrogen) atoms. The van der Waals surface area contributed by atoms with Crippen molar-refractivity contribution < 1.29 is 4.92 Å². The molecular weight excluding hydrogens is 256 g/mol. The summed E-state index contributed by atoms with van der Waals surface area (Å²) in [5.74, 6) is 0. The lowest BCUT2D eigenvalue weighted by Crippen LogP contribution is -1.87. The third-order valence-corrected chi connectivity index (χ3v) is 4.12. The summed E-state index contributed by atoms with van der Waals surface area (Å²) in [6.45, 7) is 0. The maximum atomic E-state index is 10.7. The summed E-state index contributed by atoms with van der Waals surface area (Å²) in [6, 6.07) is 11.4. The van der Waals surface area contributed by atoms with E-state index in [0.29, 0.717) is 4.90 Å². The zero-order valence-corrected chi connectivity index (χ0v) is 10.1. The van der Waals surface area contributed by atoms with Crippen LogP contribution in [0, 0.1) is 21.4 Å². The first-order chi connectivity index (χ1) is 8.22. The number of nitriles is 1. The molecule has 2 rings (SSSR count). The van der Waals surface area contributed by atoms with Crippen LogP contribution in [0.4, 0.5) is 5.00 Å². The summed E-state index contributed by atoms with van der Waals surface area (Å²) in [5.41, 5.74) is 0.147. The van der Waals surface area contributed by atoms with Crippen LogP contribution in [-0.2, 0) is 0 Å². The van der Waals surface area contributed by atoms with Crippen LogP contribution in [0.25, 0.3) is 0 Å². The molecular formula is C11H6N2O2S2. The lowest BCUT2D eigenvalue weighted by atomic mass is 10.3. The van der Waals surface area contributed by atoms with Crippen molar-refractivity contribution in [1.29, 1.82) is 5.26 Å². The second-order valence-electron chi connectivity index (χ2n) is 3.06. The fourth-order valence-electron chi connectivity index (χ4n) is 1.26. The van der Waals surface area contributed by atoms with Gasteiger partial charge in [-0.25, -0.2) is 0 Å². The first-order valence-corrected chi connectivity index (χ1v) is 6.31. The average Bonchev–Trinajstić information content (AvgIpc) is 2.73. The van der Waals surface area contributed by atoms with E-state index in [1.165, 1.54) is 11.8 Å². The second kappa shape index (κ2) is 4.99. The van der Waals surface area contributed by atoms with Gasteiger partial charge in [-0.1, -0.05) is 41.3 Å². The van der Waals surface area contributed by atoms with Crippen LogP contribution in [0.5, 0.6) is 0 Å². The monoisotopic (exact) mass is 262 g/mol. The van der Waals surface area contributed by atoms with Gasteiger partial charge < -0.3 is 0 Å². The van der Waals surface area contributed by atoms with E-state index in [-0.39, 0.29) is 10.6 Å². The maximum Gasteiger partial charge on any atom is 0.342 e. The van der Waals surface area contributed by atoms with Crippen molar-refractivity contribution in [2.75, 3.05) is 0 Å². The molecule has 0 saturated carbocycles. The minimum atomic E-state index is -0.516. The lowest BCUT2D eigenvalue weighted by molar-refractivity contribution is -0.380. The highest BCUT2D eigenvalue weighted by molar-refractivity contribution is 7.99. The molecule has 84 valence electrons. The van der Waals surface area contributed by atoms with Crippen molar-refractivity contribution in [2.24, 2.45) is 0 Å². The quantitative estimate of drug-likeness (QED) is 0.625. The minimum Gasteiger partial charge on any atom is -0.258 e. The summed E-state index contributed by atoms with van der Waals surface area (Å²) in [5, 5.41) is 21.2. The topological polar surface area (TPSA) is 66.9 Å². The zero-order valence-electron chi connectivity index (χ0n) is 8.49. The van der Waals surface area contributed by atoms with Gasteiger partial charge in [0.25, 0.3) is 0 Å². The van der Waals surface area contributed by atoms with E-state index in [9.17, 15) is 10.1 Å². The van der Waals surface area contributed by atoms with Gasteiger partial charge >= 0.3 is 5.00 Å². The summed E-state index contributed by atoms with van der Waals surface area (Å²) in [7, 11) is 0. The molecule has 0 aliphatic rings. The Labute approximate surface area is 106 Å². The second-order valence-corrected chi connectivity index (χ2v) is 5.04. The number of thiophene rings is 1. The molecule has 0 saturated heterocycles. The molecule has 0 N–H and O–H groups in total. The number of nitro groups is 1. The van der Waals surface area contributed by atoms with Gasteiger partial charge in [-0.15, -0.1) is 0 Å². The Kier molecular flexibility index (Phi) is 3.42. The highest BCUT2D eigenvalue weighted by Gasteiger charge is 2.21. The van der Waals surface area contributed by atoms with Crippen molar-refractivity contribution in [1.82, 2.24) is 0 Å². The molecule has 0 fully saturated rings. The first kappa shape index (κ1) is 11.6. The molecule has 0 amide bonds. The Morgan fingerprint density at radius 1 is 1.35 bits per heavy atom. The number of hydrogen-bond donors (Lipinski definition) is 0. The van der Waals surface area contributed by atoms with Gasteiger partial charge in [0.2, 0.25) is 0 Å². The summed E-state index contributed by atoms with van der Waals surface area (Å²) < 4.78 is 0. The highest BCUT2D eigenvalue weighted by atomic mass is 32.2. The predicted octanol–water partition coefficient (Wildman–Crippen LogP) is 3.68. The fraction of sp³-hybridized carbons (Fsp3) is 0. The Morgan fingerprint density at radius 2 is 2.06 bits per heavy atom. The third kappa shape index (κ3) is 2.46. The van der Waals surface area contributed by atoms with Gasteiger partial charge in [0.1, 0.15) is 6.07 Å². The Hall–Kier alpha value is -1.84. The van der Waals surface area contributed by atoms with E-state index < -0.39 is 4.92 Å². The summed E-state index contributed by atoms with van der Waals surface area (Å²) in [4.78, 5) is 11.8. The fourth-order valence-corrected chi connectivity index (χ4v) is 3.15. The van der Waals surface area contributed by atoms with Gasteiger partial charge in [0.15, 0.2) is 5.56 Å². The molecule has 0 spiro atoms. The van der Waals surface area contributed by atoms with Crippen LogP contribution in [0.3, 0.4) is 0 Å². The minimum absolute atomic E-state index is 0.0917. The van der Waals surface area contributed by atoms with Gasteiger partial charge in [-0.05, 0) is 12.1 Å². The number of benzene rings is 1. The zero-order chi connectivity index (χ0) is 12.3. The SMILES string of the molecule is N#Cc1c(Sc2ccccc2)csc1[N+](=O)[O-]. The molecule has 0 radical (unpaired) electrons. The number of hydrogen-bond acceptors (Lipinski definition) is 5. The summed E-state index contributed by atoms with van der Waals surface area (Å²) in [6.07, 6.45) is 0. The molecule has 0 aliphatic heterocycles. The van der Waals surface area contributed by atoms with Crippen molar-refractivity contribution in [3.05, 3.63) is 51.4 Å². The summed E-state index contributed by atoms with van der Waals surface area (Å²) >= 11 is 2.35. The maximum absolute atomic E-state index is 10.7. The molecule has 1 aromatic heterocycles. The van der Waals surface area contributed by atoms with E-state index in [0.717, 1.165) is 16.2 Å². The Bertz CT molecular complexity index is 587. The highest BCUT2D eigenvalue weighted by Crippen LogP contribution is 2.38. The Morgan fingerprint density at radius 3 is 2.65 bits per heavy atom. The largest absolute Gasteiger partial charge is 0.342 e. The number of rotatable bonds is 3. The molecule has 1 heterocycles. The molecule has 0 bridgehead atoms. The van der Waals surface area contributed by atoms with E-state index in [2.05, 4.69) is 0 Å². The molecule has 0 unspecified atom stereocenters. The normalized spacial score (nSPS) is 9.82. The predicted molar refractivity (Wildman–Crippen MR) is 66.3 cm³/mol. The molecule has 0 atom stereocenters. The van der Waals surface area contributed by atoms with Gasteiger partial charge in [-0.2, -0.15) is 5.26 Å².